The van der Waals surface area contributed by atoms with Gasteiger partial charge in [0.1, 0.15) is 13.2 Å². The minimum absolute atomic E-state index is 0.0817. The lowest BCUT2D eigenvalue weighted by atomic mass is 10.0. The van der Waals surface area contributed by atoms with Gasteiger partial charge in [-0.25, -0.2) is 0 Å². The van der Waals surface area contributed by atoms with Crippen molar-refractivity contribution in [1.82, 2.24) is 0 Å². The molecule has 468 valence electrons. The second-order valence-electron chi connectivity index (χ2n) is 23.4. The van der Waals surface area contributed by atoms with Crippen LogP contribution in [0, 0.1) is 0 Å². The zero-order valence-electron chi connectivity index (χ0n) is 53.8. The molecule has 0 N–H and O–H groups in total. The molecule has 0 aromatic carbocycles. The van der Waals surface area contributed by atoms with Crippen LogP contribution in [0.1, 0.15) is 355 Å². The standard InChI is InChI=1S/C75H132O6/c1-4-7-10-13-16-19-22-25-27-29-31-33-35-37-39-41-43-45-47-50-53-56-59-62-65-68-74(77)80-71-72(70-79-73(76)67-64-61-58-55-52-49-24-21-18-15-12-9-6-3)81-75(78)69-66-63-60-57-54-51-48-46-44-42-40-38-36-34-32-30-28-26-23-20-17-14-11-8-5-2/h12,15,21-26,29-32,35,37,72H,4-11,13-14,16-20,27-28,33-34,36,38-71H2,1-3H3/b15-12-,24-21-,25-22-,26-23-,31-29-,32-30-,37-35-. The van der Waals surface area contributed by atoms with E-state index in [0.29, 0.717) is 19.3 Å². The molecule has 1 unspecified atom stereocenters. The molecular formula is C75H132O6. The van der Waals surface area contributed by atoms with Crippen molar-refractivity contribution < 1.29 is 28.6 Å². The van der Waals surface area contributed by atoms with Crippen LogP contribution in [0.2, 0.25) is 0 Å². The molecule has 1 atom stereocenters. The molecule has 0 aliphatic rings. The fourth-order valence-corrected chi connectivity index (χ4v) is 10.1. The quantitative estimate of drug-likeness (QED) is 0.0261. The van der Waals surface area contributed by atoms with Crippen LogP contribution in [0.4, 0.5) is 0 Å². The molecule has 0 aliphatic carbocycles. The number of hydrogen-bond donors (Lipinski definition) is 0. The number of hydrogen-bond acceptors (Lipinski definition) is 6. The van der Waals surface area contributed by atoms with Crippen molar-refractivity contribution in [3.05, 3.63) is 85.1 Å². The van der Waals surface area contributed by atoms with Crippen LogP contribution in [0.25, 0.3) is 0 Å². The summed E-state index contributed by atoms with van der Waals surface area (Å²) < 4.78 is 17.0. The minimum atomic E-state index is -0.786. The normalized spacial score (nSPS) is 12.6. The summed E-state index contributed by atoms with van der Waals surface area (Å²) in [5, 5.41) is 0. The van der Waals surface area contributed by atoms with E-state index < -0.39 is 6.10 Å². The van der Waals surface area contributed by atoms with Crippen LogP contribution >= 0.6 is 0 Å². The van der Waals surface area contributed by atoms with Gasteiger partial charge in [-0.15, -0.1) is 0 Å². The van der Waals surface area contributed by atoms with Crippen molar-refractivity contribution in [3.63, 3.8) is 0 Å². The summed E-state index contributed by atoms with van der Waals surface area (Å²) in [6.45, 7) is 6.58. The smallest absolute Gasteiger partial charge is 0.306 e. The molecule has 0 spiro atoms. The molecule has 0 bridgehead atoms. The highest BCUT2D eigenvalue weighted by Crippen LogP contribution is 2.17. The molecule has 0 fully saturated rings. The van der Waals surface area contributed by atoms with Gasteiger partial charge in [0.25, 0.3) is 0 Å². The number of carbonyl (C=O) groups is 3. The number of ether oxygens (including phenoxy) is 3. The molecule has 6 nitrogen and oxygen atoms in total. The van der Waals surface area contributed by atoms with Crippen LogP contribution in [-0.4, -0.2) is 37.2 Å². The van der Waals surface area contributed by atoms with Crippen molar-refractivity contribution in [2.75, 3.05) is 13.2 Å². The summed E-state index contributed by atoms with van der Waals surface area (Å²) in [5.41, 5.74) is 0. The zero-order valence-corrected chi connectivity index (χ0v) is 53.8. The average Bonchev–Trinajstić information content (AvgIpc) is 3.46. The number of rotatable bonds is 64. The van der Waals surface area contributed by atoms with Gasteiger partial charge in [-0.2, -0.15) is 0 Å². The first-order valence-corrected chi connectivity index (χ1v) is 35.1. The van der Waals surface area contributed by atoms with Crippen LogP contribution in [0.3, 0.4) is 0 Å². The van der Waals surface area contributed by atoms with Crippen molar-refractivity contribution in [3.8, 4) is 0 Å². The Balaban J connectivity index is 4.29. The summed E-state index contributed by atoms with van der Waals surface area (Å²) in [7, 11) is 0. The van der Waals surface area contributed by atoms with Crippen LogP contribution < -0.4 is 0 Å². The number of esters is 3. The highest BCUT2D eigenvalue weighted by molar-refractivity contribution is 5.71. The van der Waals surface area contributed by atoms with Crippen LogP contribution in [-0.2, 0) is 28.6 Å². The van der Waals surface area contributed by atoms with Crippen LogP contribution in [0.15, 0.2) is 85.1 Å². The number of carbonyl (C=O) groups excluding carboxylic acids is 3. The van der Waals surface area contributed by atoms with Crippen molar-refractivity contribution in [1.29, 1.82) is 0 Å². The fraction of sp³-hybridized carbons (Fsp3) is 0.773. The van der Waals surface area contributed by atoms with E-state index in [0.717, 1.165) is 103 Å². The fourth-order valence-electron chi connectivity index (χ4n) is 10.1. The first-order chi connectivity index (χ1) is 40.0. The molecule has 0 heterocycles. The minimum Gasteiger partial charge on any atom is -0.462 e. The Bertz CT molecular complexity index is 1530. The number of allylic oxidation sites excluding steroid dienone is 14. The molecule has 81 heavy (non-hydrogen) atoms. The molecule has 0 aromatic rings. The van der Waals surface area contributed by atoms with Gasteiger partial charge in [0.15, 0.2) is 6.10 Å². The van der Waals surface area contributed by atoms with Gasteiger partial charge in [-0.1, -0.05) is 305 Å². The molecule has 0 saturated heterocycles. The zero-order chi connectivity index (χ0) is 58.5. The molecule has 0 aromatic heterocycles. The first-order valence-electron chi connectivity index (χ1n) is 35.1. The summed E-state index contributed by atoms with van der Waals surface area (Å²) in [6, 6.07) is 0. The Morgan fingerprint density at radius 2 is 0.469 bits per heavy atom. The molecule has 0 rings (SSSR count). The molecular weight excluding hydrogens is 997 g/mol. The number of unbranched alkanes of at least 4 members (excludes halogenated alkanes) is 39. The van der Waals surface area contributed by atoms with E-state index in [1.807, 2.05) is 0 Å². The second kappa shape index (κ2) is 69.1. The SMILES string of the molecule is CCC/C=C\C/C=C\CCCCCCCC(=O)OCC(COC(=O)CCCCCCCCCCCC/C=C\C/C=C\C/C=C\CCCCCCC)OC(=O)CCCCCCCCCCCCCCC/C=C\C/C=C\CCCCCCC. The summed E-state index contributed by atoms with van der Waals surface area (Å²) in [4.78, 5) is 38.4. The predicted octanol–water partition coefficient (Wildman–Crippen LogP) is 24.2. The van der Waals surface area contributed by atoms with E-state index in [-0.39, 0.29) is 31.1 Å². The van der Waals surface area contributed by atoms with Gasteiger partial charge in [-0.3, -0.25) is 14.4 Å². The lowest BCUT2D eigenvalue weighted by Gasteiger charge is -2.18. The summed E-state index contributed by atoms with van der Waals surface area (Å²) >= 11 is 0. The van der Waals surface area contributed by atoms with E-state index in [9.17, 15) is 14.4 Å². The lowest BCUT2D eigenvalue weighted by Crippen LogP contribution is -2.30. The van der Waals surface area contributed by atoms with Gasteiger partial charge in [-0.05, 0) is 116 Å². The second-order valence-corrected chi connectivity index (χ2v) is 23.4. The van der Waals surface area contributed by atoms with Gasteiger partial charge in [0, 0.05) is 19.3 Å². The van der Waals surface area contributed by atoms with Crippen molar-refractivity contribution in [2.24, 2.45) is 0 Å². The molecule has 0 amide bonds. The van der Waals surface area contributed by atoms with E-state index in [1.54, 1.807) is 0 Å². The van der Waals surface area contributed by atoms with Gasteiger partial charge >= 0.3 is 17.9 Å². The monoisotopic (exact) mass is 1130 g/mol. The van der Waals surface area contributed by atoms with Gasteiger partial charge in [0.05, 0.1) is 0 Å². The summed E-state index contributed by atoms with van der Waals surface area (Å²) in [6.07, 6.45) is 91.8. The molecule has 0 radical (unpaired) electrons. The highest BCUT2D eigenvalue weighted by atomic mass is 16.6. The lowest BCUT2D eigenvalue weighted by molar-refractivity contribution is -0.167. The Labute approximate surface area is 503 Å². The van der Waals surface area contributed by atoms with E-state index in [1.165, 1.54) is 212 Å². The van der Waals surface area contributed by atoms with Crippen molar-refractivity contribution >= 4 is 17.9 Å². The summed E-state index contributed by atoms with van der Waals surface area (Å²) in [5.74, 6) is -0.885. The topological polar surface area (TPSA) is 78.9 Å². The maximum atomic E-state index is 13.0. The Hall–Kier alpha value is -3.41. The third-order valence-electron chi connectivity index (χ3n) is 15.3. The largest absolute Gasteiger partial charge is 0.462 e. The highest BCUT2D eigenvalue weighted by Gasteiger charge is 2.19. The molecule has 0 aliphatic heterocycles. The Morgan fingerprint density at radius 3 is 0.741 bits per heavy atom. The van der Waals surface area contributed by atoms with E-state index in [2.05, 4.69) is 106 Å². The van der Waals surface area contributed by atoms with Crippen LogP contribution in [0.5, 0.6) is 0 Å². The Kier molecular flexibility index (Phi) is 66.2. The first kappa shape index (κ1) is 77.6. The van der Waals surface area contributed by atoms with Crippen molar-refractivity contribution in [2.45, 2.75) is 361 Å². The van der Waals surface area contributed by atoms with Gasteiger partial charge in [0.2, 0.25) is 0 Å². The molecule has 0 saturated carbocycles. The maximum Gasteiger partial charge on any atom is 0.306 e. The third kappa shape index (κ3) is 67.3. The molecule has 6 heteroatoms. The average molecular weight is 1130 g/mol. The van der Waals surface area contributed by atoms with E-state index >= 15 is 0 Å². The predicted molar refractivity (Wildman–Crippen MR) is 353 cm³/mol. The van der Waals surface area contributed by atoms with E-state index in [4.69, 9.17) is 14.2 Å². The Morgan fingerprint density at radius 1 is 0.247 bits per heavy atom. The maximum absolute atomic E-state index is 13.0. The van der Waals surface area contributed by atoms with Gasteiger partial charge < -0.3 is 14.2 Å². The third-order valence-corrected chi connectivity index (χ3v) is 15.3.